The molecule has 8 atom stereocenters. The monoisotopic (exact) mass is 578 g/mol. The minimum Gasteiger partial charge on any atom is -0.493 e. The van der Waals surface area contributed by atoms with Crippen molar-refractivity contribution in [1.82, 2.24) is 0 Å². The van der Waals surface area contributed by atoms with Crippen LogP contribution < -0.4 is 0 Å². The molecule has 0 spiro atoms. The van der Waals surface area contributed by atoms with Gasteiger partial charge in [-0.3, -0.25) is 0 Å². The number of benzene rings is 3. The van der Waals surface area contributed by atoms with Crippen LogP contribution in [0.15, 0.2) is 103 Å². The second-order valence-corrected chi connectivity index (χ2v) is 10.4. The Hall–Kier alpha value is -3.12. The molecule has 42 heavy (non-hydrogen) atoms. The molecule has 0 bridgehead atoms. The zero-order valence-corrected chi connectivity index (χ0v) is 23.3. The van der Waals surface area contributed by atoms with Crippen molar-refractivity contribution in [2.45, 2.75) is 68.8 Å². The Morgan fingerprint density at radius 2 is 1.12 bits per heavy atom. The smallest absolute Gasteiger partial charge is 0.187 e. The Kier molecular flexibility index (Phi) is 11.1. The number of aliphatic hydroxyl groups excluding tert-OH is 3. The molecule has 0 amide bonds. The molecule has 3 aromatic rings. The van der Waals surface area contributed by atoms with E-state index in [1.807, 2.05) is 91.0 Å². The lowest BCUT2D eigenvalue weighted by Gasteiger charge is -2.43. The predicted molar refractivity (Wildman–Crippen MR) is 153 cm³/mol. The van der Waals surface area contributed by atoms with Gasteiger partial charge in [0.2, 0.25) is 0 Å². The molecule has 0 aromatic heterocycles. The fourth-order valence-electron chi connectivity index (χ4n) is 4.89. The van der Waals surface area contributed by atoms with Crippen molar-refractivity contribution >= 4 is 0 Å². The zero-order chi connectivity index (χ0) is 29.1. The number of ether oxygens (including phenoxy) is 6. The lowest BCUT2D eigenvalue weighted by Crippen LogP contribution is -2.61. The molecule has 0 saturated carbocycles. The van der Waals surface area contributed by atoms with Gasteiger partial charge < -0.3 is 43.7 Å². The number of hydrogen-bond acceptors (Lipinski definition) is 9. The Labute approximate surface area is 245 Å². The molecule has 9 heteroatoms. The van der Waals surface area contributed by atoms with Gasteiger partial charge in [0, 0.05) is 0 Å². The molecule has 0 unspecified atom stereocenters. The first-order valence-electron chi connectivity index (χ1n) is 14.1. The van der Waals surface area contributed by atoms with Gasteiger partial charge in [0.05, 0.1) is 39.3 Å². The van der Waals surface area contributed by atoms with E-state index in [1.165, 1.54) is 0 Å². The average Bonchev–Trinajstić information content (AvgIpc) is 3.03. The van der Waals surface area contributed by atoms with E-state index in [2.05, 4.69) is 0 Å². The largest absolute Gasteiger partial charge is 0.493 e. The first-order valence-corrected chi connectivity index (χ1v) is 14.1. The van der Waals surface area contributed by atoms with E-state index in [-0.39, 0.29) is 13.2 Å². The van der Waals surface area contributed by atoms with Gasteiger partial charge in [0.25, 0.3) is 0 Å². The summed E-state index contributed by atoms with van der Waals surface area (Å²) in [5, 5.41) is 32.1. The first kappa shape index (κ1) is 30.3. The van der Waals surface area contributed by atoms with Crippen LogP contribution in [-0.4, -0.2) is 77.6 Å². The van der Waals surface area contributed by atoms with E-state index in [0.717, 1.165) is 16.7 Å². The van der Waals surface area contributed by atoms with Crippen LogP contribution in [0.25, 0.3) is 0 Å². The fraction of sp³-hybridized carbons (Fsp3) is 0.394. The van der Waals surface area contributed by atoms with Crippen LogP contribution in [0, 0.1) is 0 Å². The minimum atomic E-state index is -1.52. The van der Waals surface area contributed by atoms with Gasteiger partial charge in [-0.05, 0) is 22.8 Å². The highest BCUT2D eigenvalue weighted by Crippen LogP contribution is 2.28. The molecule has 1 saturated heterocycles. The van der Waals surface area contributed by atoms with Crippen LogP contribution in [-0.2, 0) is 48.2 Å². The van der Waals surface area contributed by atoms with Crippen molar-refractivity contribution in [2.24, 2.45) is 0 Å². The SMILES string of the molecule is O[C@H]1[C@@H](O)[C@@H](COCc2ccccc2)O[C@@H](O[C@H]2[C@H](OCc3ccccc3)C=CO[C@@H]2COCc2ccccc2)[C@@H]1O. The second-order valence-electron chi connectivity index (χ2n) is 10.4. The molecule has 2 aliphatic rings. The van der Waals surface area contributed by atoms with Gasteiger partial charge in [-0.15, -0.1) is 0 Å². The summed E-state index contributed by atoms with van der Waals surface area (Å²) in [6.07, 6.45) is -5.25. The number of hydrogen-bond donors (Lipinski definition) is 3. The maximum absolute atomic E-state index is 10.8. The zero-order valence-electron chi connectivity index (χ0n) is 23.3. The van der Waals surface area contributed by atoms with Crippen LogP contribution in [0.1, 0.15) is 16.7 Å². The Morgan fingerprint density at radius 3 is 1.69 bits per heavy atom. The molecule has 224 valence electrons. The molecular formula is C33H38O9. The van der Waals surface area contributed by atoms with E-state index < -0.39 is 49.0 Å². The topological polar surface area (TPSA) is 116 Å². The predicted octanol–water partition coefficient (Wildman–Crippen LogP) is 3.11. The van der Waals surface area contributed by atoms with Gasteiger partial charge in [-0.25, -0.2) is 0 Å². The van der Waals surface area contributed by atoms with Crippen molar-refractivity contribution < 1.29 is 43.7 Å². The Bertz CT molecular complexity index is 1210. The fourth-order valence-corrected chi connectivity index (χ4v) is 4.89. The molecule has 5 rings (SSSR count). The summed E-state index contributed by atoms with van der Waals surface area (Å²) in [5.74, 6) is 0. The summed E-state index contributed by atoms with van der Waals surface area (Å²) in [4.78, 5) is 0. The summed E-state index contributed by atoms with van der Waals surface area (Å²) in [6.45, 7) is 1.15. The first-order chi connectivity index (χ1) is 20.6. The molecule has 2 aliphatic heterocycles. The molecule has 9 nitrogen and oxygen atoms in total. The summed E-state index contributed by atoms with van der Waals surface area (Å²) in [6, 6.07) is 29.1. The third-order valence-electron chi connectivity index (χ3n) is 7.24. The molecule has 3 N–H and O–H groups in total. The maximum atomic E-state index is 10.8. The highest BCUT2D eigenvalue weighted by atomic mass is 16.7. The van der Waals surface area contributed by atoms with Crippen LogP contribution in [0.2, 0.25) is 0 Å². The average molecular weight is 579 g/mol. The highest BCUT2D eigenvalue weighted by Gasteiger charge is 2.47. The molecule has 1 fully saturated rings. The van der Waals surface area contributed by atoms with E-state index >= 15 is 0 Å². The number of aliphatic hydroxyl groups is 3. The highest BCUT2D eigenvalue weighted by molar-refractivity contribution is 5.15. The standard InChI is InChI=1S/C33H38O9/c34-29-27(21-37-18-23-10-4-1-5-11-23)41-33(31(36)30(29)35)42-32-26(40-20-25-14-8-3-9-15-25)16-17-39-28(32)22-38-19-24-12-6-2-7-13-24/h1-17,26-36H,18-22H2/t26-,27-,28-,29+,30+,31-,32+,33+/m1/s1. The molecule has 0 radical (unpaired) electrons. The maximum Gasteiger partial charge on any atom is 0.187 e. The molecule has 3 aromatic carbocycles. The second kappa shape index (κ2) is 15.4. The summed E-state index contributed by atoms with van der Waals surface area (Å²) in [5.41, 5.74) is 2.95. The van der Waals surface area contributed by atoms with Gasteiger partial charge in [-0.1, -0.05) is 91.0 Å². The Morgan fingerprint density at radius 1 is 0.595 bits per heavy atom. The summed E-state index contributed by atoms with van der Waals surface area (Å²) >= 11 is 0. The lowest BCUT2D eigenvalue weighted by molar-refractivity contribution is -0.327. The normalized spacial score (nSPS) is 29.2. The van der Waals surface area contributed by atoms with Crippen molar-refractivity contribution in [2.75, 3.05) is 13.2 Å². The number of rotatable bonds is 13. The van der Waals surface area contributed by atoms with E-state index in [4.69, 9.17) is 28.4 Å². The van der Waals surface area contributed by atoms with E-state index in [9.17, 15) is 15.3 Å². The minimum absolute atomic E-state index is 0.0156. The lowest BCUT2D eigenvalue weighted by atomic mass is 9.98. The Balaban J connectivity index is 1.26. The van der Waals surface area contributed by atoms with Crippen LogP contribution in [0.4, 0.5) is 0 Å². The van der Waals surface area contributed by atoms with Crippen molar-refractivity contribution in [3.63, 3.8) is 0 Å². The van der Waals surface area contributed by atoms with E-state index in [1.54, 1.807) is 12.3 Å². The third-order valence-corrected chi connectivity index (χ3v) is 7.24. The van der Waals surface area contributed by atoms with E-state index in [0.29, 0.717) is 19.8 Å². The van der Waals surface area contributed by atoms with Gasteiger partial charge in [-0.2, -0.15) is 0 Å². The van der Waals surface area contributed by atoms with Gasteiger partial charge in [0.1, 0.15) is 36.6 Å². The quantitative estimate of drug-likeness (QED) is 0.281. The summed E-state index contributed by atoms with van der Waals surface area (Å²) in [7, 11) is 0. The molecular weight excluding hydrogens is 540 g/mol. The molecule has 2 heterocycles. The molecule has 0 aliphatic carbocycles. The summed E-state index contributed by atoms with van der Waals surface area (Å²) < 4.78 is 36.1. The van der Waals surface area contributed by atoms with Crippen LogP contribution in [0.3, 0.4) is 0 Å². The van der Waals surface area contributed by atoms with Crippen molar-refractivity contribution in [3.8, 4) is 0 Å². The van der Waals surface area contributed by atoms with Gasteiger partial charge >= 0.3 is 0 Å². The van der Waals surface area contributed by atoms with Crippen molar-refractivity contribution in [3.05, 3.63) is 120 Å². The van der Waals surface area contributed by atoms with Crippen LogP contribution in [0.5, 0.6) is 0 Å². The van der Waals surface area contributed by atoms with Crippen molar-refractivity contribution in [1.29, 1.82) is 0 Å². The third kappa shape index (κ3) is 8.25. The van der Waals surface area contributed by atoms with Crippen LogP contribution >= 0.6 is 0 Å². The van der Waals surface area contributed by atoms with Gasteiger partial charge in [0.15, 0.2) is 12.4 Å².